The van der Waals surface area contributed by atoms with Gasteiger partial charge in [0.25, 0.3) is 0 Å². The molecule has 62 valence electrons. The molecule has 0 saturated heterocycles. The van der Waals surface area contributed by atoms with Gasteiger partial charge in [0.15, 0.2) is 0 Å². The van der Waals surface area contributed by atoms with Crippen molar-refractivity contribution in [3.63, 3.8) is 0 Å². The van der Waals surface area contributed by atoms with Crippen molar-refractivity contribution in [2.75, 3.05) is 0 Å². The maximum atomic E-state index is 5.26. The van der Waals surface area contributed by atoms with E-state index in [1.165, 1.54) is 0 Å². The number of hydrogen-bond donors (Lipinski definition) is 1. The Hall–Kier alpha value is -1.05. The Labute approximate surface area is 75.9 Å². The second kappa shape index (κ2) is 4.75. The third kappa shape index (κ3) is 2.53. The third-order valence-electron chi connectivity index (χ3n) is 1.14. The van der Waals surface area contributed by atoms with Gasteiger partial charge in [-0.15, -0.1) is 0 Å². The van der Waals surface area contributed by atoms with E-state index in [0.717, 1.165) is 23.9 Å². The Balaban J connectivity index is 2.78. The highest BCUT2D eigenvalue weighted by Crippen LogP contribution is 2.02. The van der Waals surface area contributed by atoms with Crippen LogP contribution >= 0.6 is 11.9 Å². The molecule has 3 nitrogen and oxygen atoms in total. The van der Waals surface area contributed by atoms with Gasteiger partial charge in [-0.3, -0.25) is 5.14 Å². The summed E-state index contributed by atoms with van der Waals surface area (Å²) in [5.74, 6) is 5.85. The minimum absolute atomic E-state index is 0.567. The lowest BCUT2D eigenvalue weighted by Crippen LogP contribution is -1.89. The molecule has 0 atom stereocenters. The lowest BCUT2D eigenvalue weighted by molar-refractivity contribution is 0.963. The van der Waals surface area contributed by atoms with Gasteiger partial charge in [0.2, 0.25) is 5.16 Å². The van der Waals surface area contributed by atoms with E-state index in [1.54, 1.807) is 12.4 Å². The molecule has 2 N–H and O–H groups in total. The smallest absolute Gasteiger partial charge is 0.202 e. The van der Waals surface area contributed by atoms with E-state index < -0.39 is 0 Å². The van der Waals surface area contributed by atoms with E-state index in [2.05, 4.69) is 21.8 Å². The van der Waals surface area contributed by atoms with E-state index in [4.69, 9.17) is 5.14 Å². The number of nitrogens with two attached hydrogens (primary N) is 1. The topological polar surface area (TPSA) is 51.8 Å². The van der Waals surface area contributed by atoms with Crippen molar-refractivity contribution >= 4 is 11.9 Å². The predicted molar refractivity (Wildman–Crippen MR) is 49.2 cm³/mol. The summed E-state index contributed by atoms with van der Waals surface area (Å²) in [5, 5.41) is 5.82. The fraction of sp³-hybridized carbons (Fsp3) is 0.250. The van der Waals surface area contributed by atoms with Gasteiger partial charge in [0.1, 0.15) is 0 Å². The van der Waals surface area contributed by atoms with Crippen LogP contribution in [0.2, 0.25) is 0 Å². The van der Waals surface area contributed by atoms with Crippen LogP contribution in [0.15, 0.2) is 17.6 Å². The lowest BCUT2D eigenvalue weighted by Gasteiger charge is -1.91. The van der Waals surface area contributed by atoms with Crippen molar-refractivity contribution in [2.45, 2.75) is 18.5 Å². The van der Waals surface area contributed by atoms with E-state index in [0.29, 0.717) is 5.16 Å². The van der Waals surface area contributed by atoms with Gasteiger partial charge in [-0.1, -0.05) is 18.8 Å². The summed E-state index contributed by atoms with van der Waals surface area (Å²) < 4.78 is 0. The van der Waals surface area contributed by atoms with E-state index in [1.807, 2.05) is 6.92 Å². The zero-order chi connectivity index (χ0) is 8.81. The molecule has 1 heterocycles. The molecule has 0 bridgehead atoms. The highest BCUT2D eigenvalue weighted by molar-refractivity contribution is 7.96. The van der Waals surface area contributed by atoms with Crippen molar-refractivity contribution < 1.29 is 0 Å². The molecule has 0 spiro atoms. The maximum Gasteiger partial charge on any atom is 0.202 e. The van der Waals surface area contributed by atoms with Crippen LogP contribution in [0.25, 0.3) is 0 Å². The van der Waals surface area contributed by atoms with Crippen molar-refractivity contribution in [3.8, 4) is 11.8 Å². The van der Waals surface area contributed by atoms with Gasteiger partial charge >= 0.3 is 0 Å². The molecule has 4 heteroatoms. The van der Waals surface area contributed by atoms with Crippen molar-refractivity contribution in [3.05, 3.63) is 18.0 Å². The normalized spacial score (nSPS) is 8.83. The molecule has 0 radical (unpaired) electrons. The molecule has 0 aromatic carbocycles. The molecular weight excluding hydrogens is 170 g/mol. The first-order valence-corrected chi connectivity index (χ1v) is 4.42. The maximum absolute atomic E-state index is 5.26. The van der Waals surface area contributed by atoms with Crippen LogP contribution < -0.4 is 5.14 Å². The summed E-state index contributed by atoms with van der Waals surface area (Å²) in [7, 11) is 0. The zero-order valence-electron chi connectivity index (χ0n) is 6.74. The quantitative estimate of drug-likeness (QED) is 0.400. The van der Waals surface area contributed by atoms with E-state index in [9.17, 15) is 0 Å². The number of rotatable bonds is 1. The van der Waals surface area contributed by atoms with E-state index in [-0.39, 0.29) is 0 Å². The SMILES string of the molecule is CCC#Cc1cnc(SN)nc1. The molecule has 0 unspecified atom stereocenters. The van der Waals surface area contributed by atoms with Crippen LogP contribution in [0.1, 0.15) is 18.9 Å². The Kier molecular flexibility index (Phi) is 3.58. The first-order valence-electron chi connectivity index (χ1n) is 3.54. The molecule has 0 aliphatic rings. The summed E-state index contributed by atoms with van der Waals surface area (Å²) in [6.07, 6.45) is 4.18. The van der Waals surface area contributed by atoms with Gasteiger partial charge in [-0.2, -0.15) is 0 Å². The first kappa shape index (κ1) is 9.04. The van der Waals surface area contributed by atoms with Gasteiger partial charge in [0, 0.05) is 18.8 Å². The lowest BCUT2D eigenvalue weighted by atomic mass is 10.3. The monoisotopic (exact) mass is 179 g/mol. The van der Waals surface area contributed by atoms with Crippen LogP contribution in [0.3, 0.4) is 0 Å². The van der Waals surface area contributed by atoms with Crippen LogP contribution in [0.5, 0.6) is 0 Å². The molecule has 0 amide bonds. The standard InChI is InChI=1S/C8H9N3S/c1-2-3-4-7-5-10-8(12-9)11-6-7/h5-6H,2,9H2,1H3. The number of hydrogen-bond acceptors (Lipinski definition) is 4. The molecule has 12 heavy (non-hydrogen) atoms. The molecule has 0 saturated carbocycles. The number of nitrogens with zero attached hydrogens (tertiary/aromatic N) is 2. The summed E-state index contributed by atoms with van der Waals surface area (Å²) in [6.45, 7) is 2.00. The van der Waals surface area contributed by atoms with Crippen molar-refractivity contribution in [2.24, 2.45) is 5.14 Å². The van der Waals surface area contributed by atoms with Gasteiger partial charge in [-0.25, -0.2) is 9.97 Å². The Morgan fingerprint density at radius 2 is 2.17 bits per heavy atom. The highest BCUT2D eigenvalue weighted by atomic mass is 32.2. The summed E-state index contributed by atoms with van der Waals surface area (Å²) in [5.41, 5.74) is 0.828. The predicted octanol–water partition coefficient (Wildman–Crippen LogP) is 1.20. The Morgan fingerprint density at radius 1 is 1.50 bits per heavy atom. The summed E-state index contributed by atoms with van der Waals surface area (Å²) in [4.78, 5) is 7.95. The van der Waals surface area contributed by atoms with Crippen LogP contribution in [0.4, 0.5) is 0 Å². The molecule has 1 aromatic heterocycles. The minimum atomic E-state index is 0.567. The second-order valence-corrected chi connectivity index (χ2v) is 2.63. The van der Waals surface area contributed by atoms with Crippen molar-refractivity contribution in [1.29, 1.82) is 0 Å². The Bertz CT molecular complexity index is 296. The van der Waals surface area contributed by atoms with Crippen LogP contribution in [-0.2, 0) is 0 Å². The molecule has 0 fully saturated rings. The summed E-state index contributed by atoms with van der Waals surface area (Å²) >= 11 is 1.03. The fourth-order valence-corrected chi connectivity index (χ4v) is 0.859. The average molecular weight is 179 g/mol. The highest BCUT2D eigenvalue weighted by Gasteiger charge is 1.91. The first-order chi connectivity index (χ1) is 5.86. The van der Waals surface area contributed by atoms with Gasteiger partial charge < -0.3 is 0 Å². The average Bonchev–Trinajstić information content (AvgIpc) is 2.15. The van der Waals surface area contributed by atoms with Gasteiger partial charge in [0.05, 0.1) is 5.56 Å². The largest absolute Gasteiger partial charge is 0.271 e. The molecular formula is C8H9N3S. The molecule has 0 aliphatic carbocycles. The molecule has 0 aliphatic heterocycles. The summed E-state index contributed by atoms with van der Waals surface area (Å²) in [6, 6.07) is 0. The fourth-order valence-electron chi connectivity index (χ4n) is 0.632. The van der Waals surface area contributed by atoms with Crippen molar-refractivity contribution in [1.82, 2.24) is 9.97 Å². The van der Waals surface area contributed by atoms with Crippen LogP contribution in [-0.4, -0.2) is 9.97 Å². The van der Waals surface area contributed by atoms with Gasteiger partial charge in [-0.05, 0) is 11.9 Å². The number of aromatic nitrogens is 2. The minimum Gasteiger partial charge on any atom is -0.271 e. The molecule has 1 aromatic rings. The zero-order valence-corrected chi connectivity index (χ0v) is 7.56. The van der Waals surface area contributed by atoms with Crippen LogP contribution in [0, 0.1) is 11.8 Å². The molecule has 1 rings (SSSR count). The Morgan fingerprint density at radius 3 is 2.67 bits per heavy atom. The second-order valence-electron chi connectivity index (χ2n) is 2.03. The third-order valence-corrected chi connectivity index (χ3v) is 1.56. The van der Waals surface area contributed by atoms with E-state index >= 15 is 0 Å².